The summed E-state index contributed by atoms with van der Waals surface area (Å²) in [5, 5.41) is 5.57. The zero-order chi connectivity index (χ0) is 33.3. The Balaban J connectivity index is 0.000000456. The Bertz CT molecular complexity index is 1860. The summed E-state index contributed by atoms with van der Waals surface area (Å²) in [5.41, 5.74) is 11.3. The molecular weight excluding hydrogens is 755 g/mol. The van der Waals surface area contributed by atoms with Crippen molar-refractivity contribution in [3.05, 3.63) is 146 Å². The van der Waals surface area contributed by atoms with Crippen LogP contribution in [0.3, 0.4) is 0 Å². The normalized spacial score (nSPS) is 13.2. The van der Waals surface area contributed by atoms with Gasteiger partial charge in [0.05, 0.1) is 0 Å². The second-order valence-electron chi connectivity index (χ2n) is 13.5. The molecule has 0 heterocycles. The summed E-state index contributed by atoms with van der Waals surface area (Å²) in [6.45, 7) is 14.4. The first kappa shape index (κ1) is 46.8. The molecule has 7 rings (SSSR count). The second kappa shape index (κ2) is 22.8. The molecule has 0 bridgehead atoms. The fraction of sp³-hybridized carbons (Fsp3) is 0.319. The topological polar surface area (TPSA) is 0 Å². The molecule has 0 aromatic heterocycles. The van der Waals surface area contributed by atoms with Crippen molar-refractivity contribution in [3.63, 3.8) is 0 Å². The van der Waals surface area contributed by atoms with Gasteiger partial charge in [0.15, 0.2) is 0 Å². The van der Waals surface area contributed by atoms with E-state index in [1.807, 2.05) is 0 Å². The van der Waals surface area contributed by atoms with Crippen LogP contribution < -0.4 is 0 Å². The van der Waals surface area contributed by atoms with Gasteiger partial charge < -0.3 is 14.9 Å². The fourth-order valence-electron chi connectivity index (χ4n) is 7.21. The van der Waals surface area contributed by atoms with Crippen molar-refractivity contribution in [2.75, 3.05) is 0 Å². The van der Waals surface area contributed by atoms with E-state index in [0.717, 1.165) is 12.3 Å². The molecular formula is C47H58Cl2SiZr-4. The SMILES string of the molecule is CCC(C)c1ccc(-c2cccc3[cH-]c(C4CCCC4)cc23)cc1.CCc1cc2c(-c3ccc(C(C)CC)cc3)cccc2[cH-]1.Cl.Cl.[CH3-].[CH3-].[Si]=[Zr]. The predicted octanol–water partition coefficient (Wildman–Crippen LogP) is 15.1. The molecule has 2 unspecified atom stereocenters. The van der Waals surface area contributed by atoms with E-state index in [1.54, 1.807) is 5.56 Å². The van der Waals surface area contributed by atoms with Gasteiger partial charge in [-0.15, -0.1) is 93.9 Å². The zero-order valence-electron chi connectivity index (χ0n) is 31.9. The van der Waals surface area contributed by atoms with Crippen LogP contribution in [0, 0.1) is 14.9 Å². The molecule has 0 N–H and O–H groups in total. The van der Waals surface area contributed by atoms with Crippen molar-refractivity contribution in [1.82, 2.24) is 0 Å². The van der Waals surface area contributed by atoms with E-state index in [1.165, 1.54) is 122 Å². The molecule has 0 amide bonds. The van der Waals surface area contributed by atoms with E-state index in [4.69, 9.17) is 0 Å². The van der Waals surface area contributed by atoms with Crippen LogP contribution in [-0.4, -0.2) is 6.88 Å². The number of rotatable bonds is 8. The van der Waals surface area contributed by atoms with E-state index in [2.05, 4.69) is 151 Å². The van der Waals surface area contributed by atoms with Gasteiger partial charge in [0.25, 0.3) is 0 Å². The number of halogens is 2. The molecule has 0 saturated heterocycles. The van der Waals surface area contributed by atoms with Gasteiger partial charge in [-0.25, -0.2) is 0 Å². The third-order valence-corrected chi connectivity index (χ3v) is 10.6. The standard InChI is InChI=1S/C24H27.C21H23.2CH3.2ClH.Si.Zr/c1-3-17(2)18-11-13-20(14-12-18)23-10-6-9-21-15-22(16-24(21)23)19-7-4-5-8-19;1-4-15(3)17-9-11-18(12-10-17)20-8-6-7-19-13-16(5-2)14-21(19)20;;;;;;/h6,9-17,19H,3-5,7-8H2,1-2H3;6-15H,4-5H2,1-3H3;2*1H3;2*1H;;/q4*-1;;;;. The Kier molecular flexibility index (Phi) is 20.9. The third-order valence-electron chi connectivity index (χ3n) is 10.6. The molecule has 2 atom stereocenters. The molecule has 2 radical (unpaired) electrons. The molecule has 51 heavy (non-hydrogen) atoms. The molecule has 0 aliphatic heterocycles. The molecule has 1 fully saturated rings. The molecule has 6 aromatic carbocycles. The van der Waals surface area contributed by atoms with Gasteiger partial charge in [-0.05, 0) is 72.1 Å². The van der Waals surface area contributed by atoms with Gasteiger partial charge in [-0.2, -0.15) is 12.1 Å². The number of hydrogen-bond acceptors (Lipinski definition) is 0. The van der Waals surface area contributed by atoms with E-state index >= 15 is 0 Å². The van der Waals surface area contributed by atoms with Crippen molar-refractivity contribution in [2.45, 2.75) is 97.3 Å². The number of fused-ring (bicyclic) bond motifs is 2. The van der Waals surface area contributed by atoms with Crippen LogP contribution in [0.4, 0.5) is 0 Å². The Morgan fingerprint density at radius 3 is 1.49 bits per heavy atom. The summed E-state index contributed by atoms with van der Waals surface area (Å²) in [7, 11) is 0. The van der Waals surface area contributed by atoms with Gasteiger partial charge in [-0.1, -0.05) is 119 Å². The summed E-state index contributed by atoms with van der Waals surface area (Å²) in [6.07, 6.45) is 9.03. The van der Waals surface area contributed by atoms with Gasteiger partial charge >= 0.3 is 30.2 Å². The van der Waals surface area contributed by atoms with Crippen molar-refractivity contribution in [2.24, 2.45) is 0 Å². The molecule has 6 aromatic rings. The fourth-order valence-corrected chi connectivity index (χ4v) is 7.21. The van der Waals surface area contributed by atoms with E-state index in [9.17, 15) is 0 Å². The molecule has 1 saturated carbocycles. The number of aryl methyl sites for hydroxylation is 1. The average molecular weight is 813 g/mol. The van der Waals surface area contributed by atoms with Gasteiger partial charge in [0, 0.05) is 0 Å². The summed E-state index contributed by atoms with van der Waals surface area (Å²) in [6, 6.07) is 41.3. The van der Waals surface area contributed by atoms with Crippen molar-refractivity contribution in [1.29, 1.82) is 0 Å². The molecule has 0 spiro atoms. The van der Waals surface area contributed by atoms with Crippen molar-refractivity contribution < 1.29 is 23.3 Å². The van der Waals surface area contributed by atoms with E-state index in [0.29, 0.717) is 11.8 Å². The van der Waals surface area contributed by atoms with Crippen LogP contribution in [0.2, 0.25) is 0 Å². The monoisotopic (exact) mass is 810 g/mol. The molecule has 272 valence electrons. The first-order valence-corrected chi connectivity index (χ1v) is 22.0. The van der Waals surface area contributed by atoms with Crippen LogP contribution in [0.25, 0.3) is 43.8 Å². The minimum atomic E-state index is 0. The van der Waals surface area contributed by atoms with Gasteiger partial charge in [-0.3, -0.25) is 0 Å². The predicted molar refractivity (Wildman–Crippen MR) is 231 cm³/mol. The summed E-state index contributed by atoms with van der Waals surface area (Å²) < 4.78 is 0. The number of benzene rings is 4. The van der Waals surface area contributed by atoms with Crippen LogP contribution in [0.5, 0.6) is 0 Å². The Morgan fingerprint density at radius 1 is 0.627 bits per heavy atom. The maximum absolute atomic E-state index is 3.06. The quantitative estimate of drug-likeness (QED) is 0.106. The summed E-state index contributed by atoms with van der Waals surface area (Å²) in [5.74, 6) is 2.07. The first-order chi connectivity index (χ1) is 23.0. The molecule has 1 aliphatic rings. The van der Waals surface area contributed by atoms with E-state index < -0.39 is 0 Å². The van der Waals surface area contributed by atoms with Crippen molar-refractivity contribution in [3.8, 4) is 22.3 Å². The van der Waals surface area contributed by atoms with Crippen molar-refractivity contribution >= 4 is 53.2 Å². The maximum atomic E-state index is 3.06. The van der Waals surface area contributed by atoms with Crippen LogP contribution in [0.1, 0.15) is 113 Å². The van der Waals surface area contributed by atoms with E-state index in [-0.39, 0.29) is 39.7 Å². The third kappa shape index (κ3) is 11.1. The zero-order valence-corrected chi connectivity index (χ0v) is 37.0. The van der Waals surface area contributed by atoms with Crippen LogP contribution in [0.15, 0.2) is 109 Å². The molecule has 0 nitrogen and oxygen atoms in total. The average Bonchev–Trinajstić information content (AvgIpc) is 3.92. The minimum absolute atomic E-state index is 0. The summed E-state index contributed by atoms with van der Waals surface area (Å²) in [4.78, 5) is 0. The van der Waals surface area contributed by atoms with Gasteiger partial charge in [0.1, 0.15) is 0 Å². The second-order valence-corrected chi connectivity index (χ2v) is 13.5. The molecule has 4 heteroatoms. The molecule has 1 aliphatic carbocycles. The van der Waals surface area contributed by atoms with Crippen LogP contribution >= 0.6 is 24.8 Å². The number of hydrogen-bond donors (Lipinski definition) is 0. The Morgan fingerprint density at radius 2 is 1.06 bits per heavy atom. The Hall–Kier alpha value is -2.22. The van der Waals surface area contributed by atoms with Crippen LogP contribution in [-0.2, 0) is 29.8 Å². The Labute approximate surface area is 340 Å². The first-order valence-electron chi connectivity index (χ1n) is 17.8. The van der Waals surface area contributed by atoms with Gasteiger partial charge in [0.2, 0.25) is 0 Å². The summed E-state index contributed by atoms with van der Waals surface area (Å²) >= 11 is 1.36.